The van der Waals surface area contributed by atoms with E-state index in [1.165, 1.54) is 0 Å². The van der Waals surface area contributed by atoms with Crippen molar-refractivity contribution in [2.45, 2.75) is 97.4 Å². The van der Waals surface area contributed by atoms with Gasteiger partial charge in [-0.3, -0.25) is 9.59 Å². The highest BCUT2D eigenvalue weighted by Gasteiger charge is 2.33. The molecule has 10 nitrogen and oxygen atoms in total. The van der Waals surface area contributed by atoms with Crippen LogP contribution in [-0.2, 0) is 33.4 Å². The second kappa shape index (κ2) is 11.6. The summed E-state index contributed by atoms with van der Waals surface area (Å²) in [5, 5.41) is 3.25. The largest absolute Gasteiger partial charge is 0.444 e. The van der Waals surface area contributed by atoms with Crippen LogP contribution >= 0.6 is 0 Å². The van der Waals surface area contributed by atoms with Gasteiger partial charge in [0.25, 0.3) is 11.8 Å². The van der Waals surface area contributed by atoms with Gasteiger partial charge in [-0.2, -0.15) is 0 Å². The minimum atomic E-state index is -0.695. The van der Waals surface area contributed by atoms with Crippen LogP contribution in [-0.4, -0.2) is 65.5 Å². The van der Waals surface area contributed by atoms with Crippen LogP contribution in [0.3, 0.4) is 0 Å². The van der Waals surface area contributed by atoms with Gasteiger partial charge in [0.1, 0.15) is 5.60 Å². The fourth-order valence-electron chi connectivity index (χ4n) is 2.71. The average molecular weight is 459 g/mol. The van der Waals surface area contributed by atoms with Crippen molar-refractivity contribution in [3.8, 4) is 0 Å². The Morgan fingerprint density at radius 2 is 1.41 bits per heavy atom. The summed E-state index contributed by atoms with van der Waals surface area (Å²) in [5.74, 6) is -1.71. The number of amides is 3. The van der Waals surface area contributed by atoms with Crippen molar-refractivity contribution in [3.05, 3.63) is 0 Å². The third kappa shape index (κ3) is 11.4. The minimum absolute atomic E-state index is 0.0586. The summed E-state index contributed by atoms with van der Waals surface area (Å²) in [6, 6.07) is 0. The lowest BCUT2D eigenvalue weighted by Gasteiger charge is -2.30. The van der Waals surface area contributed by atoms with Crippen molar-refractivity contribution >= 4 is 23.9 Å². The van der Waals surface area contributed by atoms with Crippen LogP contribution in [0, 0.1) is 0 Å². The first-order valence-corrected chi connectivity index (χ1v) is 10.9. The molecule has 0 aromatic carbocycles. The third-order valence-corrected chi connectivity index (χ3v) is 4.59. The normalized spacial score (nSPS) is 15.2. The highest BCUT2D eigenvalue weighted by Crippen LogP contribution is 2.20. The van der Waals surface area contributed by atoms with Crippen LogP contribution in [0.15, 0.2) is 0 Å². The molecule has 0 aliphatic carbocycles. The molecular weight excluding hydrogens is 420 g/mol. The van der Waals surface area contributed by atoms with Crippen molar-refractivity contribution in [2.24, 2.45) is 0 Å². The molecule has 0 aromatic heterocycles. The van der Waals surface area contributed by atoms with Crippen molar-refractivity contribution in [1.82, 2.24) is 10.4 Å². The Morgan fingerprint density at radius 3 is 1.97 bits per heavy atom. The van der Waals surface area contributed by atoms with Gasteiger partial charge >= 0.3 is 12.1 Å². The quantitative estimate of drug-likeness (QED) is 0.443. The van der Waals surface area contributed by atoms with Gasteiger partial charge < -0.3 is 24.4 Å². The molecule has 0 aromatic rings. The molecule has 1 aliphatic rings. The monoisotopic (exact) mass is 458 g/mol. The van der Waals surface area contributed by atoms with E-state index in [1.807, 2.05) is 48.5 Å². The van der Waals surface area contributed by atoms with E-state index >= 15 is 0 Å². The maximum absolute atomic E-state index is 11.8. The molecule has 1 aliphatic heterocycles. The summed E-state index contributed by atoms with van der Waals surface area (Å²) < 4.78 is 16.9. The summed E-state index contributed by atoms with van der Waals surface area (Å²) in [6.07, 6.45) is 0.760. The first kappa shape index (κ1) is 27.8. The summed E-state index contributed by atoms with van der Waals surface area (Å²) in [4.78, 5) is 51.3. The number of carbonyl (C=O) groups is 4. The molecule has 0 atom stereocenters. The maximum atomic E-state index is 11.8. The molecule has 1 rings (SSSR count). The van der Waals surface area contributed by atoms with Crippen LogP contribution in [0.1, 0.15) is 80.6 Å². The fraction of sp³-hybridized carbons (Fsp3) is 0.818. The van der Waals surface area contributed by atoms with Crippen molar-refractivity contribution in [1.29, 1.82) is 0 Å². The van der Waals surface area contributed by atoms with Gasteiger partial charge in [-0.05, 0) is 61.3 Å². The lowest BCUT2D eigenvalue weighted by Crippen LogP contribution is -2.37. The van der Waals surface area contributed by atoms with Gasteiger partial charge in [0.15, 0.2) is 0 Å². The van der Waals surface area contributed by atoms with Crippen molar-refractivity contribution < 1.29 is 38.2 Å². The van der Waals surface area contributed by atoms with Gasteiger partial charge in [-0.15, -0.1) is 5.06 Å². The van der Waals surface area contributed by atoms with Crippen molar-refractivity contribution in [2.75, 3.05) is 19.8 Å². The number of ether oxygens (including phenoxy) is 3. The van der Waals surface area contributed by atoms with E-state index in [0.29, 0.717) is 31.1 Å². The number of rotatable bonds is 12. The third-order valence-electron chi connectivity index (χ3n) is 4.59. The zero-order valence-corrected chi connectivity index (χ0v) is 20.4. The number of alkyl carbamates (subject to hydrolysis) is 1. The summed E-state index contributed by atoms with van der Waals surface area (Å²) in [5.41, 5.74) is -1.55. The predicted octanol–water partition coefficient (Wildman–Crippen LogP) is 2.88. The van der Waals surface area contributed by atoms with Gasteiger partial charge in [-0.25, -0.2) is 9.59 Å². The summed E-state index contributed by atoms with van der Waals surface area (Å²) >= 11 is 0. The van der Waals surface area contributed by atoms with Gasteiger partial charge in [0.05, 0.1) is 30.8 Å². The molecule has 0 spiro atoms. The Balaban J connectivity index is 2.24. The molecule has 1 fully saturated rings. The molecule has 0 unspecified atom stereocenters. The van der Waals surface area contributed by atoms with Crippen LogP contribution in [0.4, 0.5) is 4.79 Å². The van der Waals surface area contributed by atoms with Gasteiger partial charge in [0, 0.05) is 19.4 Å². The fourth-order valence-corrected chi connectivity index (χ4v) is 2.71. The number of nitrogens with one attached hydrogen (secondary N) is 1. The maximum Gasteiger partial charge on any atom is 0.407 e. The Labute approximate surface area is 190 Å². The second-order valence-electron chi connectivity index (χ2n) is 9.94. The number of carbonyl (C=O) groups excluding carboxylic acids is 4. The molecule has 0 radical (unpaired) electrons. The van der Waals surface area contributed by atoms with Crippen molar-refractivity contribution in [3.63, 3.8) is 0 Å². The molecule has 3 amide bonds. The van der Waals surface area contributed by atoms with Crippen LogP contribution < -0.4 is 5.32 Å². The van der Waals surface area contributed by atoms with E-state index in [2.05, 4.69) is 5.32 Å². The number of hydrogen-bond acceptors (Lipinski definition) is 8. The Bertz CT molecular complexity index is 666. The predicted molar refractivity (Wildman–Crippen MR) is 115 cm³/mol. The van der Waals surface area contributed by atoms with E-state index in [4.69, 9.17) is 19.0 Å². The summed E-state index contributed by atoms with van der Waals surface area (Å²) in [6.45, 7) is 14.0. The lowest BCUT2D eigenvalue weighted by atomic mass is 10.0. The Kier molecular flexibility index (Phi) is 10.1. The standard InChI is InChI=1S/C22H38N2O8/c1-20(2,3)31-19(28)23-13-11-21(4,5)30-15-12-22(6,7)29-14-10-18(27)32-24-16(25)8-9-17(24)26/h8-15H2,1-7H3,(H,23,28). The second-order valence-corrected chi connectivity index (χ2v) is 9.94. The highest BCUT2D eigenvalue weighted by atomic mass is 16.7. The molecule has 1 N–H and O–H groups in total. The molecule has 10 heteroatoms. The SMILES string of the molecule is CC(C)(C)OC(=O)NCCC(C)(C)OCCC(C)(C)OCCC(=O)ON1C(=O)CCC1=O. The highest BCUT2D eigenvalue weighted by molar-refractivity contribution is 6.01. The number of hydrogen-bond donors (Lipinski definition) is 1. The molecule has 32 heavy (non-hydrogen) atoms. The molecular formula is C22H38N2O8. The number of hydroxylamine groups is 2. The summed E-state index contributed by atoms with van der Waals surface area (Å²) in [7, 11) is 0. The van der Waals surface area contributed by atoms with E-state index in [9.17, 15) is 19.2 Å². The van der Waals surface area contributed by atoms with E-state index < -0.39 is 40.7 Å². The minimum Gasteiger partial charge on any atom is -0.444 e. The van der Waals surface area contributed by atoms with E-state index in [1.54, 1.807) is 0 Å². The average Bonchev–Trinajstić information content (AvgIpc) is 2.91. The first-order valence-electron chi connectivity index (χ1n) is 10.9. The molecule has 1 saturated heterocycles. The van der Waals surface area contributed by atoms with Crippen LogP contribution in [0.5, 0.6) is 0 Å². The van der Waals surface area contributed by atoms with Gasteiger partial charge in [-0.1, -0.05) is 0 Å². The Hall–Kier alpha value is -2.20. The lowest BCUT2D eigenvalue weighted by molar-refractivity contribution is -0.198. The zero-order valence-electron chi connectivity index (χ0n) is 20.4. The first-order chi connectivity index (χ1) is 14.6. The number of nitrogens with zero attached hydrogens (tertiary/aromatic N) is 1. The molecule has 0 saturated carbocycles. The smallest absolute Gasteiger partial charge is 0.407 e. The Morgan fingerprint density at radius 1 is 0.875 bits per heavy atom. The van der Waals surface area contributed by atoms with Crippen LogP contribution in [0.2, 0.25) is 0 Å². The molecule has 184 valence electrons. The molecule has 0 bridgehead atoms. The van der Waals surface area contributed by atoms with E-state index in [0.717, 1.165) is 0 Å². The molecule has 1 heterocycles. The van der Waals surface area contributed by atoms with Crippen LogP contribution in [0.25, 0.3) is 0 Å². The zero-order chi connectivity index (χ0) is 24.6. The van der Waals surface area contributed by atoms with Gasteiger partial charge in [0.2, 0.25) is 0 Å². The topological polar surface area (TPSA) is 120 Å². The van der Waals surface area contributed by atoms with E-state index in [-0.39, 0.29) is 25.9 Å². The number of imide groups is 1.